The molecule has 1 aliphatic carbocycles. The van der Waals surface area contributed by atoms with Gasteiger partial charge in [0.15, 0.2) is 0 Å². The molecule has 4 heteroatoms. The first-order chi connectivity index (χ1) is 11.7. The zero-order chi connectivity index (χ0) is 16.5. The van der Waals surface area contributed by atoms with Gasteiger partial charge in [0.25, 0.3) is 0 Å². The SMILES string of the molecule is CC1CN(C(=O)Nc2cccc3c2CCCC3)c2ccccc2S1. The second kappa shape index (κ2) is 6.52. The number of rotatable bonds is 1. The first kappa shape index (κ1) is 15.6. The largest absolute Gasteiger partial charge is 0.326 e. The van der Waals surface area contributed by atoms with E-state index >= 15 is 0 Å². The summed E-state index contributed by atoms with van der Waals surface area (Å²) in [4.78, 5) is 16.0. The van der Waals surface area contributed by atoms with Crippen LogP contribution in [0, 0.1) is 0 Å². The van der Waals surface area contributed by atoms with Crippen molar-refractivity contribution >= 4 is 29.2 Å². The minimum Gasteiger partial charge on any atom is -0.307 e. The smallest absolute Gasteiger partial charge is 0.307 e. The summed E-state index contributed by atoms with van der Waals surface area (Å²) in [5.41, 5.74) is 4.72. The third-order valence-corrected chi connectivity index (χ3v) is 5.96. The molecular weight excluding hydrogens is 316 g/mol. The van der Waals surface area contributed by atoms with E-state index in [2.05, 4.69) is 30.4 Å². The molecule has 1 unspecified atom stereocenters. The fourth-order valence-electron chi connectivity index (χ4n) is 3.66. The van der Waals surface area contributed by atoms with Crippen LogP contribution in [0.2, 0.25) is 0 Å². The second-order valence-electron chi connectivity index (χ2n) is 6.59. The normalized spacial score (nSPS) is 19.4. The average molecular weight is 338 g/mol. The standard InChI is InChI=1S/C20H22N2OS/c1-14-13-22(18-11-4-5-12-19(18)24-14)20(23)21-17-10-6-8-15-7-2-3-9-16(15)17/h4-6,8,10-12,14H,2-3,7,9,13H2,1H3,(H,21,23). The lowest BCUT2D eigenvalue weighted by atomic mass is 9.90. The zero-order valence-electron chi connectivity index (χ0n) is 13.9. The van der Waals surface area contributed by atoms with Gasteiger partial charge >= 0.3 is 6.03 Å². The highest BCUT2D eigenvalue weighted by atomic mass is 32.2. The van der Waals surface area contributed by atoms with Crippen LogP contribution in [0.5, 0.6) is 0 Å². The number of carbonyl (C=O) groups excluding carboxylic acids is 1. The monoisotopic (exact) mass is 338 g/mol. The number of hydrogen-bond donors (Lipinski definition) is 1. The Morgan fingerprint density at radius 1 is 1.12 bits per heavy atom. The number of aryl methyl sites for hydroxylation is 1. The van der Waals surface area contributed by atoms with Gasteiger partial charge in [-0.2, -0.15) is 0 Å². The minimum absolute atomic E-state index is 0.0198. The molecule has 4 rings (SSSR count). The zero-order valence-corrected chi connectivity index (χ0v) is 14.7. The van der Waals surface area contributed by atoms with Gasteiger partial charge in [0.1, 0.15) is 0 Å². The minimum atomic E-state index is -0.0198. The maximum absolute atomic E-state index is 13.0. The van der Waals surface area contributed by atoms with Gasteiger partial charge in [-0.15, -0.1) is 11.8 Å². The van der Waals surface area contributed by atoms with Crippen LogP contribution in [0.3, 0.4) is 0 Å². The molecule has 1 heterocycles. The number of fused-ring (bicyclic) bond motifs is 2. The number of para-hydroxylation sites is 1. The molecule has 2 aliphatic rings. The molecule has 1 N–H and O–H groups in total. The molecule has 0 aromatic heterocycles. The average Bonchev–Trinajstić information content (AvgIpc) is 2.61. The summed E-state index contributed by atoms with van der Waals surface area (Å²) in [7, 11) is 0. The molecule has 2 amide bonds. The number of thioether (sulfide) groups is 1. The van der Waals surface area contributed by atoms with E-state index in [9.17, 15) is 4.79 Å². The van der Waals surface area contributed by atoms with Crippen molar-refractivity contribution in [3.63, 3.8) is 0 Å². The maximum atomic E-state index is 13.0. The molecule has 0 fully saturated rings. The number of carbonyl (C=O) groups is 1. The molecule has 2 aromatic carbocycles. The summed E-state index contributed by atoms with van der Waals surface area (Å²) in [6.07, 6.45) is 4.65. The molecule has 2 aromatic rings. The number of benzene rings is 2. The summed E-state index contributed by atoms with van der Waals surface area (Å²) >= 11 is 1.84. The van der Waals surface area contributed by atoms with Crippen molar-refractivity contribution in [3.05, 3.63) is 53.6 Å². The summed E-state index contributed by atoms with van der Waals surface area (Å²) in [5, 5.41) is 3.58. The molecule has 1 atom stereocenters. The Bertz CT molecular complexity index is 774. The lowest BCUT2D eigenvalue weighted by Crippen LogP contribution is -2.41. The molecule has 1 aliphatic heterocycles. The molecule has 0 radical (unpaired) electrons. The van der Waals surface area contributed by atoms with E-state index in [4.69, 9.17) is 0 Å². The highest BCUT2D eigenvalue weighted by Gasteiger charge is 2.27. The quantitative estimate of drug-likeness (QED) is 0.785. The van der Waals surface area contributed by atoms with Crippen LogP contribution in [-0.2, 0) is 12.8 Å². The van der Waals surface area contributed by atoms with E-state index in [0.717, 1.165) is 30.8 Å². The Labute approximate surface area is 147 Å². The third kappa shape index (κ3) is 2.91. The van der Waals surface area contributed by atoms with Crippen LogP contribution in [0.15, 0.2) is 47.4 Å². The van der Waals surface area contributed by atoms with Crippen molar-refractivity contribution in [3.8, 4) is 0 Å². The topological polar surface area (TPSA) is 32.3 Å². The number of amides is 2. The molecule has 0 spiro atoms. The van der Waals surface area contributed by atoms with Gasteiger partial charge in [0.05, 0.1) is 5.69 Å². The maximum Gasteiger partial charge on any atom is 0.326 e. The van der Waals surface area contributed by atoms with Gasteiger partial charge in [-0.25, -0.2) is 4.79 Å². The number of hydrogen-bond acceptors (Lipinski definition) is 2. The molecule has 124 valence electrons. The Morgan fingerprint density at radius 3 is 2.88 bits per heavy atom. The number of nitrogens with zero attached hydrogens (tertiary/aromatic N) is 1. The van der Waals surface area contributed by atoms with Crippen molar-refractivity contribution < 1.29 is 4.79 Å². The summed E-state index contributed by atoms with van der Waals surface area (Å²) in [6.45, 7) is 2.91. The van der Waals surface area contributed by atoms with Crippen LogP contribution >= 0.6 is 11.8 Å². The van der Waals surface area contributed by atoms with E-state index < -0.39 is 0 Å². The number of urea groups is 1. The fourth-order valence-corrected chi connectivity index (χ4v) is 4.78. The molecule has 0 saturated heterocycles. The fraction of sp³-hybridized carbons (Fsp3) is 0.350. The Hall–Kier alpha value is -1.94. The molecule has 3 nitrogen and oxygen atoms in total. The third-order valence-electron chi connectivity index (χ3n) is 4.81. The first-order valence-electron chi connectivity index (χ1n) is 8.67. The predicted octanol–water partition coefficient (Wildman–Crippen LogP) is 5.10. The summed E-state index contributed by atoms with van der Waals surface area (Å²) < 4.78 is 0. The van der Waals surface area contributed by atoms with E-state index in [1.807, 2.05) is 40.9 Å². The Balaban J connectivity index is 1.61. The highest BCUT2D eigenvalue weighted by Crippen LogP contribution is 2.38. The van der Waals surface area contributed by atoms with Crippen molar-refractivity contribution in [2.75, 3.05) is 16.8 Å². The number of anilines is 2. The van der Waals surface area contributed by atoms with Gasteiger partial charge in [0.2, 0.25) is 0 Å². The van der Waals surface area contributed by atoms with Crippen molar-refractivity contribution in [2.24, 2.45) is 0 Å². The van der Waals surface area contributed by atoms with Crippen LogP contribution in [0.1, 0.15) is 30.9 Å². The molecule has 0 saturated carbocycles. The van der Waals surface area contributed by atoms with E-state index in [0.29, 0.717) is 5.25 Å². The molecule has 24 heavy (non-hydrogen) atoms. The lowest BCUT2D eigenvalue weighted by molar-refractivity contribution is 0.256. The number of nitrogens with one attached hydrogen (secondary N) is 1. The van der Waals surface area contributed by atoms with Crippen LogP contribution in [-0.4, -0.2) is 17.8 Å². The van der Waals surface area contributed by atoms with Crippen LogP contribution in [0.25, 0.3) is 0 Å². The summed E-state index contributed by atoms with van der Waals surface area (Å²) in [5.74, 6) is 0. The predicted molar refractivity (Wildman–Crippen MR) is 101 cm³/mol. The Kier molecular flexibility index (Phi) is 4.23. The molecular formula is C20H22N2OS. The lowest BCUT2D eigenvalue weighted by Gasteiger charge is -2.33. The van der Waals surface area contributed by atoms with Crippen molar-refractivity contribution in [2.45, 2.75) is 42.8 Å². The van der Waals surface area contributed by atoms with Gasteiger partial charge < -0.3 is 5.32 Å². The van der Waals surface area contributed by atoms with Gasteiger partial charge in [0, 0.05) is 22.4 Å². The Morgan fingerprint density at radius 2 is 1.96 bits per heavy atom. The van der Waals surface area contributed by atoms with E-state index in [1.165, 1.54) is 28.9 Å². The van der Waals surface area contributed by atoms with E-state index in [-0.39, 0.29) is 6.03 Å². The van der Waals surface area contributed by atoms with Crippen molar-refractivity contribution in [1.82, 2.24) is 0 Å². The summed E-state index contributed by atoms with van der Waals surface area (Å²) in [6, 6.07) is 14.4. The second-order valence-corrected chi connectivity index (χ2v) is 8.07. The van der Waals surface area contributed by atoms with Crippen molar-refractivity contribution in [1.29, 1.82) is 0 Å². The van der Waals surface area contributed by atoms with Gasteiger partial charge in [-0.3, -0.25) is 4.90 Å². The van der Waals surface area contributed by atoms with E-state index in [1.54, 1.807) is 0 Å². The first-order valence-corrected chi connectivity index (χ1v) is 9.55. The highest BCUT2D eigenvalue weighted by molar-refractivity contribution is 8.00. The van der Waals surface area contributed by atoms with Crippen LogP contribution in [0.4, 0.5) is 16.2 Å². The van der Waals surface area contributed by atoms with Gasteiger partial charge in [-0.05, 0) is 55.0 Å². The van der Waals surface area contributed by atoms with Gasteiger partial charge in [-0.1, -0.05) is 31.2 Å². The van der Waals surface area contributed by atoms with Crippen LogP contribution < -0.4 is 10.2 Å². The molecule has 0 bridgehead atoms.